The predicted octanol–water partition coefficient (Wildman–Crippen LogP) is 4.00. The Morgan fingerprint density at radius 1 is 1.14 bits per heavy atom. The van der Waals surface area contributed by atoms with Crippen LogP contribution in [0.5, 0.6) is 0 Å². The van der Waals surface area contributed by atoms with Crippen molar-refractivity contribution < 1.29 is 22.9 Å². The third kappa shape index (κ3) is 4.23. The number of hydrogen-bond donors (Lipinski definition) is 0. The van der Waals surface area contributed by atoms with Crippen LogP contribution in [0.3, 0.4) is 0 Å². The molecule has 2 aliphatic carbocycles. The number of carbonyl (C=O) groups excluding carboxylic acids is 2. The van der Waals surface area contributed by atoms with E-state index >= 15 is 0 Å². The zero-order valence-corrected chi connectivity index (χ0v) is 17.1. The molecule has 2 aliphatic rings. The summed E-state index contributed by atoms with van der Waals surface area (Å²) < 4.78 is 24.1. The third-order valence-electron chi connectivity index (χ3n) is 5.77. The highest BCUT2D eigenvalue weighted by molar-refractivity contribution is 7.90. The van der Waals surface area contributed by atoms with E-state index in [4.69, 9.17) is 0 Å². The highest BCUT2D eigenvalue weighted by atomic mass is 32.2. The molecule has 29 heavy (non-hydrogen) atoms. The number of allylic oxidation sites excluding steroid dienone is 3. The fourth-order valence-corrected chi connectivity index (χ4v) is 5.33. The molecule has 0 amide bonds. The molecule has 7 nitrogen and oxygen atoms in total. The Bertz CT molecular complexity index is 1040. The summed E-state index contributed by atoms with van der Waals surface area (Å²) >= 11 is 0. The van der Waals surface area contributed by atoms with Crippen LogP contribution >= 0.6 is 0 Å². The van der Waals surface area contributed by atoms with Gasteiger partial charge < -0.3 is 0 Å². The Morgan fingerprint density at radius 2 is 1.83 bits per heavy atom. The molecule has 154 valence electrons. The Kier molecular flexibility index (Phi) is 6.15. The molecule has 0 aliphatic heterocycles. The number of nitro benzene ring substituents is 1. The summed E-state index contributed by atoms with van der Waals surface area (Å²) in [5, 5.41) is 11.7. The van der Waals surface area contributed by atoms with Crippen molar-refractivity contribution >= 4 is 27.2 Å². The van der Waals surface area contributed by atoms with E-state index in [0.29, 0.717) is 12.8 Å². The molecule has 1 aromatic rings. The zero-order valence-electron chi connectivity index (χ0n) is 16.3. The standard InChI is InChI=1S/C21H23NO6S/c1-29(27,28)18-12-6-11-17(20(18)22(25)26)21(24)19-15(13-23)9-5-10-16(19)14-7-3-2-4-8-14/h6,11-12,14H,2-5,7-10H2,1H3. The predicted molar refractivity (Wildman–Crippen MR) is 107 cm³/mol. The van der Waals surface area contributed by atoms with Crippen LogP contribution in [-0.2, 0) is 14.6 Å². The van der Waals surface area contributed by atoms with E-state index in [1.54, 1.807) is 0 Å². The minimum absolute atomic E-state index is 0.170. The van der Waals surface area contributed by atoms with Gasteiger partial charge in [0.05, 0.1) is 4.92 Å². The zero-order chi connectivity index (χ0) is 21.2. The van der Waals surface area contributed by atoms with Crippen molar-refractivity contribution in [3.8, 4) is 0 Å². The average molecular weight is 417 g/mol. The lowest BCUT2D eigenvalue weighted by Gasteiger charge is -2.30. The summed E-state index contributed by atoms with van der Waals surface area (Å²) in [6.45, 7) is 0. The molecule has 0 unspecified atom stereocenters. The molecule has 0 spiro atoms. The van der Waals surface area contributed by atoms with Crippen LogP contribution < -0.4 is 0 Å². The number of carbonyl (C=O) groups is 1. The molecular weight excluding hydrogens is 394 g/mol. The minimum atomic E-state index is -3.91. The molecule has 1 saturated carbocycles. The first kappa shape index (κ1) is 21.1. The van der Waals surface area contributed by atoms with Crippen LogP contribution in [0.25, 0.3) is 0 Å². The van der Waals surface area contributed by atoms with Crippen LogP contribution in [0.4, 0.5) is 5.69 Å². The number of benzene rings is 1. The highest BCUT2D eigenvalue weighted by Gasteiger charge is 2.35. The summed E-state index contributed by atoms with van der Waals surface area (Å²) in [6.07, 6.45) is 7.71. The Labute approximate surface area is 169 Å². The van der Waals surface area contributed by atoms with Crippen LogP contribution in [0, 0.1) is 16.0 Å². The van der Waals surface area contributed by atoms with Gasteiger partial charge >= 0.3 is 0 Å². The number of Topliss-reactive ketones (excluding diaryl/α,β-unsaturated/α-hetero) is 1. The van der Waals surface area contributed by atoms with Gasteiger partial charge in [0.15, 0.2) is 9.84 Å². The van der Waals surface area contributed by atoms with Gasteiger partial charge in [-0.05, 0) is 50.2 Å². The Hall–Kier alpha value is -2.57. The molecule has 0 aromatic heterocycles. The van der Waals surface area contributed by atoms with Crippen molar-refractivity contribution in [2.75, 3.05) is 6.26 Å². The fraction of sp³-hybridized carbons (Fsp3) is 0.476. The Balaban J connectivity index is 2.22. The first-order valence-corrected chi connectivity index (χ1v) is 11.6. The number of ketones is 1. The lowest BCUT2D eigenvalue weighted by molar-refractivity contribution is -0.388. The number of sulfone groups is 1. The SMILES string of the molecule is CS(=O)(=O)c1cccc(C(=O)C2=C(C3CCCCC3)CCCC2=C=O)c1[N+](=O)[O-]. The van der Waals surface area contributed by atoms with Crippen molar-refractivity contribution in [2.45, 2.75) is 56.3 Å². The quantitative estimate of drug-likeness (QED) is 0.310. The van der Waals surface area contributed by atoms with E-state index in [9.17, 15) is 28.1 Å². The molecule has 0 saturated heterocycles. The van der Waals surface area contributed by atoms with Crippen molar-refractivity contribution in [1.29, 1.82) is 0 Å². The molecule has 8 heteroatoms. The van der Waals surface area contributed by atoms with Gasteiger partial charge in [-0.2, -0.15) is 0 Å². The maximum Gasteiger partial charge on any atom is 0.299 e. The average Bonchev–Trinajstić information content (AvgIpc) is 2.72. The van der Waals surface area contributed by atoms with Crippen LogP contribution in [0.2, 0.25) is 0 Å². The summed E-state index contributed by atoms with van der Waals surface area (Å²) in [5.74, 6) is 1.39. The van der Waals surface area contributed by atoms with E-state index in [-0.39, 0.29) is 22.6 Å². The second kappa shape index (κ2) is 8.43. The molecule has 0 N–H and O–H groups in total. The van der Waals surface area contributed by atoms with E-state index in [2.05, 4.69) is 0 Å². The first-order chi connectivity index (χ1) is 13.8. The second-order valence-electron chi connectivity index (χ2n) is 7.68. The molecule has 3 rings (SSSR count). The number of para-hydroxylation sites is 1. The smallest absolute Gasteiger partial charge is 0.288 e. The summed E-state index contributed by atoms with van der Waals surface area (Å²) in [5.41, 5.74) is 0.299. The number of rotatable bonds is 5. The van der Waals surface area contributed by atoms with Gasteiger partial charge in [-0.1, -0.05) is 30.9 Å². The highest BCUT2D eigenvalue weighted by Crippen LogP contribution is 2.41. The second-order valence-corrected chi connectivity index (χ2v) is 9.66. The molecule has 1 aromatic carbocycles. The molecule has 0 radical (unpaired) electrons. The number of nitrogens with zero attached hydrogens (tertiary/aromatic N) is 1. The summed E-state index contributed by atoms with van der Waals surface area (Å²) in [4.78, 5) is 35.4. The van der Waals surface area contributed by atoms with Gasteiger partial charge in [-0.25, -0.2) is 13.2 Å². The fourth-order valence-electron chi connectivity index (χ4n) is 4.47. The van der Waals surface area contributed by atoms with Gasteiger partial charge in [-0.15, -0.1) is 0 Å². The van der Waals surface area contributed by atoms with Crippen LogP contribution in [-0.4, -0.2) is 31.3 Å². The van der Waals surface area contributed by atoms with E-state index in [0.717, 1.165) is 56.4 Å². The topological polar surface area (TPSA) is 111 Å². The number of hydrogen-bond acceptors (Lipinski definition) is 6. The van der Waals surface area contributed by atoms with Crippen molar-refractivity contribution in [2.24, 2.45) is 5.92 Å². The normalized spacial score (nSPS) is 18.4. The van der Waals surface area contributed by atoms with Crippen molar-refractivity contribution in [1.82, 2.24) is 0 Å². The van der Waals surface area contributed by atoms with Crippen LogP contribution in [0.15, 0.2) is 39.8 Å². The lowest BCUT2D eigenvalue weighted by Crippen LogP contribution is -2.21. The molecular formula is C21H23NO6S. The van der Waals surface area contributed by atoms with Gasteiger partial charge in [0.25, 0.3) is 5.69 Å². The Morgan fingerprint density at radius 3 is 2.41 bits per heavy atom. The summed E-state index contributed by atoms with van der Waals surface area (Å²) in [7, 11) is -3.91. The minimum Gasteiger partial charge on any atom is -0.288 e. The van der Waals surface area contributed by atoms with E-state index in [1.807, 2.05) is 5.94 Å². The van der Waals surface area contributed by atoms with E-state index < -0.39 is 31.1 Å². The molecule has 0 heterocycles. The van der Waals surface area contributed by atoms with Gasteiger partial charge in [0.2, 0.25) is 5.78 Å². The molecule has 0 bridgehead atoms. The lowest BCUT2D eigenvalue weighted by atomic mass is 9.74. The monoisotopic (exact) mass is 417 g/mol. The van der Waals surface area contributed by atoms with Gasteiger partial charge in [-0.3, -0.25) is 14.9 Å². The summed E-state index contributed by atoms with van der Waals surface area (Å²) in [6, 6.07) is 3.71. The maximum absolute atomic E-state index is 13.5. The van der Waals surface area contributed by atoms with Gasteiger partial charge in [0, 0.05) is 17.4 Å². The van der Waals surface area contributed by atoms with Crippen LogP contribution in [0.1, 0.15) is 61.7 Å². The molecule has 0 atom stereocenters. The van der Waals surface area contributed by atoms with Crippen molar-refractivity contribution in [3.63, 3.8) is 0 Å². The largest absolute Gasteiger partial charge is 0.299 e. The van der Waals surface area contributed by atoms with Gasteiger partial charge in [0.1, 0.15) is 16.4 Å². The van der Waals surface area contributed by atoms with E-state index in [1.165, 1.54) is 12.1 Å². The number of nitro groups is 1. The third-order valence-corrected chi connectivity index (χ3v) is 6.90. The molecule has 1 fully saturated rings. The first-order valence-electron chi connectivity index (χ1n) is 9.75. The maximum atomic E-state index is 13.5. The van der Waals surface area contributed by atoms with Crippen molar-refractivity contribution in [3.05, 3.63) is 50.6 Å².